The fourth-order valence-corrected chi connectivity index (χ4v) is 2.52. The molecule has 1 heterocycles. The third kappa shape index (κ3) is 4.63. The van der Waals surface area contributed by atoms with Gasteiger partial charge in [-0.25, -0.2) is 0 Å². The minimum Gasteiger partial charge on any atom is -0.340 e. The zero-order valence-electron chi connectivity index (χ0n) is 12.9. The van der Waals surface area contributed by atoms with Gasteiger partial charge in [-0.15, -0.1) is 0 Å². The van der Waals surface area contributed by atoms with Gasteiger partial charge < -0.3 is 10.6 Å². The van der Waals surface area contributed by atoms with Crippen molar-refractivity contribution in [1.29, 1.82) is 0 Å². The Morgan fingerprint density at radius 3 is 2.35 bits per heavy atom. The standard InChI is InChI=1S/C17H18BrN3O2/c1-11(2)15(17(23)20-12-7-9-19-10-8-12)21-16(22)13-5-3-4-6-14(13)18/h3-11,15H,1-2H3,(H,21,22)(H,19,20,23)/t15-/m0/s1. The van der Waals surface area contributed by atoms with Gasteiger partial charge in [-0.3, -0.25) is 14.6 Å². The van der Waals surface area contributed by atoms with Crippen molar-refractivity contribution in [2.24, 2.45) is 5.92 Å². The summed E-state index contributed by atoms with van der Waals surface area (Å²) in [4.78, 5) is 28.8. The minimum atomic E-state index is -0.636. The molecule has 0 aliphatic heterocycles. The van der Waals surface area contributed by atoms with Crippen molar-refractivity contribution in [2.75, 3.05) is 5.32 Å². The van der Waals surface area contributed by atoms with E-state index in [1.54, 1.807) is 42.7 Å². The van der Waals surface area contributed by atoms with E-state index in [0.717, 1.165) is 0 Å². The second kappa shape index (κ2) is 7.87. The number of nitrogens with one attached hydrogen (secondary N) is 2. The van der Waals surface area contributed by atoms with Crippen LogP contribution in [0.3, 0.4) is 0 Å². The fraction of sp³-hybridized carbons (Fsp3) is 0.235. The Balaban J connectivity index is 2.11. The summed E-state index contributed by atoms with van der Waals surface area (Å²) in [7, 11) is 0. The van der Waals surface area contributed by atoms with E-state index in [9.17, 15) is 9.59 Å². The normalized spacial score (nSPS) is 11.8. The van der Waals surface area contributed by atoms with Crippen LogP contribution in [0.5, 0.6) is 0 Å². The maximum atomic E-state index is 12.4. The highest BCUT2D eigenvalue weighted by Gasteiger charge is 2.25. The maximum Gasteiger partial charge on any atom is 0.253 e. The smallest absolute Gasteiger partial charge is 0.253 e. The van der Waals surface area contributed by atoms with Crippen LogP contribution in [0.1, 0.15) is 24.2 Å². The minimum absolute atomic E-state index is 0.0525. The molecule has 0 saturated heterocycles. The molecule has 1 atom stereocenters. The van der Waals surface area contributed by atoms with Crippen molar-refractivity contribution in [3.63, 3.8) is 0 Å². The molecule has 1 aromatic carbocycles. The average Bonchev–Trinajstić information content (AvgIpc) is 2.53. The molecule has 0 fully saturated rings. The molecule has 2 rings (SSSR count). The maximum absolute atomic E-state index is 12.4. The Morgan fingerprint density at radius 2 is 1.74 bits per heavy atom. The van der Waals surface area contributed by atoms with Crippen LogP contribution in [0, 0.1) is 5.92 Å². The van der Waals surface area contributed by atoms with Gasteiger partial charge in [-0.1, -0.05) is 26.0 Å². The third-order valence-electron chi connectivity index (χ3n) is 3.30. The number of nitrogens with zero attached hydrogens (tertiary/aromatic N) is 1. The predicted octanol–water partition coefficient (Wildman–Crippen LogP) is 3.24. The van der Waals surface area contributed by atoms with E-state index in [1.165, 1.54) is 0 Å². The molecule has 2 aromatic rings. The topological polar surface area (TPSA) is 71.1 Å². The highest BCUT2D eigenvalue weighted by Crippen LogP contribution is 2.16. The molecule has 1 aromatic heterocycles. The number of rotatable bonds is 5. The lowest BCUT2D eigenvalue weighted by molar-refractivity contribution is -0.118. The number of pyridine rings is 1. The molecule has 0 spiro atoms. The molecular weight excluding hydrogens is 358 g/mol. The summed E-state index contributed by atoms with van der Waals surface area (Å²) in [6, 6.07) is 9.87. The van der Waals surface area contributed by atoms with Crippen molar-refractivity contribution >= 4 is 33.4 Å². The van der Waals surface area contributed by atoms with Gasteiger partial charge in [-0.05, 0) is 46.1 Å². The first-order chi connectivity index (χ1) is 11.0. The molecule has 2 N–H and O–H groups in total. The van der Waals surface area contributed by atoms with Crippen molar-refractivity contribution in [3.05, 3.63) is 58.8 Å². The van der Waals surface area contributed by atoms with Crippen LogP contribution < -0.4 is 10.6 Å². The number of hydrogen-bond donors (Lipinski definition) is 2. The summed E-state index contributed by atoms with van der Waals surface area (Å²) < 4.78 is 0.689. The van der Waals surface area contributed by atoms with E-state index in [0.29, 0.717) is 15.7 Å². The molecule has 23 heavy (non-hydrogen) atoms. The van der Waals surface area contributed by atoms with Crippen LogP contribution in [0.15, 0.2) is 53.3 Å². The molecule has 0 saturated carbocycles. The second-order valence-electron chi connectivity index (χ2n) is 5.40. The summed E-state index contributed by atoms with van der Waals surface area (Å²) in [6.07, 6.45) is 3.19. The number of benzene rings is 1. The molecule has 120 valence electrons. The van der Waals surface area contributed by atoms with Gasteiger partial charge >= 0.3 is 0 Å². The van der Waals surface area contributed by atoms with Crippen LogP contribution >= 0.6 is 15.9 Å². The lowest BCUT2D eigenvalue weighted by Gasteiger charge is -2.22. The Bertz CT molecular complexity index is 689. The zero-order chi connectivity index (χ0) is 16.8. The van der Waals surface area contributed by atoms with E-state index in [2.05, 4.69) is 31.5 Å². The summed E-state index contributed by atoms with van der Waals surface area (Å²) in [6.45, 7) is 3.77. The average molecular weight is 376 g/mol. The first-order valence-electron chi connectivity index (χ1n) is 7.25. The van der Waals surface area contributed by atoms with E-state index < -0.39 is 6.04 Å². The van der Waals surface area contributed by atoms with Crippen LogP contribution in [0.25, 0.3) is 0 Å². The Labute approximate surface area is 143 Å². The van der Waals surface area contributed by atoms with E-state index in [4.69, 9.17) is 0 Å². The molecule has 0 bridgehead atoms. The van der Waals surface area contributed by atoms with E-state index >= 15 is 0 Å². The van der Waals surface area contributed by atoms with E-state index in [1.807, 2.05) is 19.9 Å². The van der Waals surface area contributed by atoms with E-state index in [-0.39, 0.29) is 17.7 Å². The van der Waals surface area contributed by atoms with Crippen LogP contribution in [-0.4, -0.2) is 22.8 Å². The van der Waals surface area contributed by atoms with Gasteiger partial charge in [0.15, 0.2) is 0 Å². The largest absolute Gasteiger partial charge is 0.340 e. The molecule has 0 radical (unpaired) electrons. The lowest BCUT2D eigenvalue weighted by atomic mass is 10.0. The summed E-state index contributed by atoms with van der Waals surface area (Å²) in [5, 5.41) is 5.59. The molecular formula is C17H18BrN3O2. The molecule has 0 unspecified atom stereocenters. The number of aromatic nitrogens is 1. The Kier molecular flexibility index (Phi) is 5.87. The van der Waals surface area contributed by atoms with Gasteiger partial charge in [0.05, 0.1) is 5.56 Å². The van der Waals surface area contributed by atoms with Gasteiger partial charge in [0.25, 0.3) is 5.91 Å². The fourth-order valence-electron chi connectivity index (χ4n) is 2.05. The quantitative estimate of drug-likeness (QED) is 0.842. The third-order valence-corrected chi connectivity index (χ3v) is 3.99. The highest BCUT2D eigenvalue weighted by atomic mass is 79.9. The Morgan fingerprint density at radius 1 is 1.09 bits per heavy atom. The molecule has 5 nitrogen and oxygen atoms in total. The summed E-state index contributed by atoms with van der Waals surface area (Å²) >= 11 is 3.35. The van der Waals surface area contributed by atoms with Gasteiger partial charge in [0.2, 0.25) is 5.91 Å². The molecule has 2 amide bonds. The zero-order valence-corrected chi connectivity index (χ0v) is 14.5. The first-order valence-corrected chi connectivity index (χ1v) is 8.04. The predicted molar refractivity (Wildman–Crippen MR) is 93.1 cm³/mol. The number of carbonyl (C=O) groups is 2. The first kappa shape index (κ1) is 17.1. The van der Waals surface area contributed by atoms with Crippen molar-refractivity contribution in [3.8, 4) is 0 Å². The molecule has 0 aliphatic carbocycles. The Hall–Kier alpha value is -2.21. The number of anilines is 1. The molecule has 0 aliphatic rings. The second-order valence-corrected chi connectivity index (χ2v) is 6.25. The number of amides is 2. The van der Waals surface area contributed by atoms with Crippen LogP contribution in [-0.2, 0) is 4.79 Å². The molecule has 6 heteroatoms. The summed E-state index contributed by atoms with van der Waals surface area (Å²) in [5.74, 6) is -0.601. The van der Waals surface area contributed by atoms with Gasteiger partial charge in [0.1, 0.15) is 6.04 Å². The van der Waals surface area contributed by atoms with Crippen LogP contribution in [0.4, 0.5) is 5.69 Å². The van der Waals surface area contributed by atoms with Gasteiger partial charge in [0, 0.05) is 22.6 Å². The van der Waals surface area contributed by atoms with Crippen molar-refractivity contribution in [2.45, 2.75) is 19.9 Å². The summed E-state index contributed by atoms with van der Waals surface area (Å²) in [5.41, 5.74) is 1.14. The number of hydrogen-bond acceptors (Lipinski definition) is 3. The van der Waals surface area contributed by atoms with Gasteiger partial charge in [-0.2, -0.15) is 0 Å². The van der Waals surface area contributed by atoms with Crippen molar-refractivity contribution in [1.82, 2.24) is 10.3 Å². The number of halogens is 1. The highest BCUT2D eigenvalue weighted by molar-refractivity contribution is 9.10. The number of carbonyl (C=O) groups excluding carboxylic acids is 2. The lowest BCUT2D eigenvalue weighted by Crippen LogP contribution is -2.47. The SMILES string of the molecule is CC(C)[C@H](NC(=O)c1ccccc1Br)C(=O)Nc1ccncc1. The van der Waals surface area contributed by atoms with Crippen LogP contribution in [0.2, 0.25) is 0 Å². The monoisotopic (exact) mass is 375 g/mol. The van der Waals surface area contributed by atoms with Crippen molar-refractivity contribution < 1.29 is 9.59 Å².